The van der Waals surface area contributed by atoms with Gasteiger partial charge in [0.25, 0.3) is 10.1 Å². The van der Waals surface area contributed by atoms with E-state index in [0.717, 1.165) is 31.1 Å². The van der Waals surface area contributed by atoms with Crippen LogP contribution in [0.25, 0.3) is 0 Å². The molecule has 0 aliphatic rings. The summed E-state index contributed by atoms with van der Waals surface area (Å²) in [5, 5.41) is 0.678. The van der Waals surface area contributed by atoms with Crippen molar-refractivity contribution in [3.05, 3.63) is 34.9 Å². The Morgan fingerprint density at radius 3 is 2.39 bits per heavy atom. The average molecular weight is 291 g/mol. The van der Waals surface area contributed by atoms with Gasteiger partial charge in [-0.25, -0.2) is 0 Å². The quantitative estimate of drug-likeness (QED) is 0.721. The highest BCUT2D eigenvalue weighted by atomic mass is 35.5. The highest BCUT2D eigenvalue weighted by molar-refractivity contribution is 7.85. The molecule has 1 aromatic carbocycles. The largest absolute Gasteiger partial charge is 0.270 e. The predicted octanol–water partition coefficient (Wildman–Crippen LogP) is 3.59. The Balaban J connectivity index is 2.74. The minimum Gasteiger partial charge on any atom is -0.270 e. The summed E-state index contributed by atoms with van der Waals surface area (Å²) >= 11 is 5.84. The van der Waals surface area contributed by atoms with Gasteiger partial charge in [0.2, 0.25) is 0 Å². The third-order valence-electron chi connectivity index (χ3n) is 2.73. The first kappa shape index (κ1) is 15.5. The molecule has 18 heavy (non-hydrogen) atoms. The standard InChI is InChI=1S/C13H19ClO3S/c1-3-4-5-12(10-17-18(2,15)16)11-6-8-13(14)9-7-11/h6-9,12H,3-5,10H2,1-2H3. The number of rotatable bonds is 7. The molecule has 0 spiro atoms. The lowest BCUT2D eigenvalue weighted by Crippen LogP contribution is -2.12. The molecule has 1 unspecified atom stereocenters. The Labute approximate surface area is 114 Å². The monoisotopic (exact) mass is 290 g/mol. The van der Waals surface area contributed by atoms with Gasteiger partial charge in [-0.1, -0.05) is 43.5 Å². The first-order valence-corrected chi connectivity index (χ1v) is 8.21. The number of hydrogen-bond acceptors (Lipinski definition) is 3. The van der Waals surface area contributed by atoms with Crippen molar-refractivity contribution in [3.63, 3.8) is 0 Å². The zero-order chi connectivity index (χ0) is 13.6. The van der Waals surface area contributed by atoms with Gasteiger partial charge in [0.1, 0.15) is 0 Å². The Morgan fingerprint density at radius 1 is 1.28 bits per heavy atom. The maximum atomic E-state index is 11.1. The van der Waals surface area contributed by atoms with E-state index >= 15 is 0 Å². The molecule has 0 heterocycles. The Hall–Kier alpha value is -0.580. The van der Waals surface area contributed by atoms with Crippen LogP contribution in [-0.4, -0.2) is 21.3 Å². The summed E-state index contributed by atoms with van der Waals surface area (Å²) in [4.78, 5) is 0. The van der Waals surface area contributed by atoms with E-state index in [-0.39, 0.29) is 12.5 Å². The minimum atomic E-state index is -3.39. The number of benzene rings is 1. The lowest BCUT2D eigenvalue weighted by molar-refractivity contribution is 0.285. The molecular weight excluding hydrogens is 272 g/mol. The van der Waals surface area contributed by atoms with Crippen LogP contribution >= 0.6 is 11.6 Å². The predicted molar refractivity (Wildman–Crippen MR) is 74.5 cm³/mol. The van der Waals surface area contributed by atoms with Gasteiger partial charge in [-0.05, 0) is 24.1 Å². The molecule has 5 heteroatoms. The van der Waals surface area contributed by atoms with Gasteiger partial charge < -0.3 is 0 Å². The molecule has 0 aromatic heterocycles. The van der Waals surface area contributed by atoms with Crippen LogP contribution in [0.3, 0.4) is 0 Å². The topological polar surface area (TPSA) is 43.4 Å². The fraction of sp³-hybridized carbons (Fsp3) is 0.538. The second-order valence-electron chi connectivity index (χ2n) is 4.38. The van der Waals surface area contributed by atoms with Crippen LogP contribution in [0.15, 0.2) is 24.3 Å². The van der Waals surface area contributed by atoms with E-state index < -0.39 is 10.1 Å². The highest BCUT2D eigenvalue weighted by Gasteiger charge is 2.14. The molecule has 0 saturated heterocycles. The van der Waals surface area contributed by atoms with E-state index in [9.17, 15) is 8.42 Å². The van der Waals surface area contributed by atoms with E-state index in [1.807, 2.05) is 24.3 Å². The fourth-order valence-electron chi connectivity index (χ4n) is 1.74. The van der Waals surface area contributed by atoms with Crippen molar-refractivity contribution in [1.82, 2.24) is 0 Å². The number of unbranched alkanes of at least 4 members (excludes halogenated alkanes) is 1. The van der Waals surface area contributed by atoms with Gasteiger partial charge in [0.15, 0.2) is 0 Å². The number of halogens is 1. The molecule has 0 radical (unpaired) electrons. The van der Waals surface area contributed by atoms with Crippen LogP contribution in [0, 0.1) is 0 Å². The summed E-state index contributed by atoms with van der Waals surface area (Å²) in [5.74, 6) is 0.0944. The zero-order valence-corrected chi connectivity index (χ0v) is 12.3. The van der Waals surface area contributed by atoms with Crippen LogP contribution < -0.4 is 0 Å². The first-order valence-electron chi connectivity index (χ1n) is 6.02. The molecule has 1 rings (SSSR count). The summed E-state index contributed by atoms with van der Waals surface area (Å²) < 4.78 is 27.0. The second-order valence-corrected chi connectivity index (χ2v) is 6.46. The third-order valence-corrected chi connectivity index (χ3v) is 3.55. The molecule has 102 valence electrons. The van der Waals surface area contributed by atoms with Crippen molar-refractivity contribution in [3.8, 4) is 0 Å². The Bertz CT molecular complexity index is 454. The maximum absolute atomic E-state index is 11.1. The Kier molecular flexibility index (Phi) is 6.12. The molecule has 0 bridgehead atoms. The van der Waals surface area contributed by atoms with Gasteiger partial charge in [-0.15, -0.1) is 0 Å². The minimum absolute atomic E-state index is 0.0944. The third kappa shape index (κ3) is 5.85. The molecular formula is C13H19ClO3S. The van der Waals surface area contributed by atoms with Crippen molar-refractivity contribution in [1.29, 1.82) is 0 Å². The molecule has 1 atom stereocenters. The fourth-order valence-corrected chi connectivity index (χ4v) is 2.27. The maximum Gasteiger partial charge on any atom is 0.264 e. The van der Waals surface area contributed by atoms with Crippen LogP contribution in [0.1, 0.15) is 37.7 Å². The summed E-state index contributed by atoms with van der Waals surface area (Å²) in [6.07, 6.45) is 4.10. The zero-order valence-electron chi connectivity index (χ0n) is 10.7. The summed E-state index contributed by atoms with van der Waals surface area (Å²) in [5.41, 5.74) is 1.07. The van der Waals surface area contributed by atoms with E-state index in [1.165, 1.54) is 0 Å². The van der Waals surface area contributed by atoms with Crippen molar-refractivity contribution >= 4 is 21.7 Å². The van der Waals surface area contributed by atoms with Gasteiger partial charge in [-0.2, -0.15) is 8.42 Å². The second kappa shape index (κ2) is 7.12. The molecule has 0 aliphatic carbocycles. The Morgan fingerprint density at radius 2 is 1.89 bits per heavy atom. The van der Waals surface area contributed by atoms with Gasteiger partial charge in [0.05, 0.1) is 12.9 Å². The SMILES string of the molecule is CCCCC(COS(C)(=O)=O)c1ccc(Cl)cc1. The highest BCUT2D eigenvalue weighted by Crippen LogP contribution is 2.24. The molecule has 0 amide bonds. The van der Waals surface area contributed by atoms with E-state index in [2.05, 4.69) is 6.92 Å². The molecule has 3 nitrogen and oxygen atoms in total. The smallest absolute Gasteiger partial charge is 0.264 e. The van der Waals surface area contributed by atoms with Crippen molar-refractivity contribution in [2.45, 2.75) is 32.1 Å². The van der Waals surface area contributed by atoms with E-state index in [1.54, 1.807) is 0 Å². The molecule has 0 aliphatic heterocycles. The molecule has 0 N–H and O–H groups in total. The van der Waals surface area contributed by atoms with Crippen LogP contribution in [0.5, 0.6) is 0 Å². The van der Waals surface area contributed by atoms with Crippen molar-refractivity contribution < 1.29 is 12.6 Å². The van der Waals surface area contributed by atoms with Crippen molar-refractivity contribution in [2.75, 3.05) is 12.9 Å². The molecule has 0 saturated carbocycles. The first-order chi connectivity index (χ1) is 8.42. The van der Waals surface area contributed by atoms with E-state index in [0.29, 0.717) is 5.02 Å². The van der Waals surface area contributed by atoms with Gasteiger partial charge in [-0.3, -0.25) is 4.18 Å². The lowest BCUT2D eigenvalue weighted by atomic mass is 9.94. The summed E-state index contributed by atoms with van der Waals surface area (Å²) in [7, 11) is -3.39. The summed E-state index contributed by atoms with van der Waals surface area (Å²) in [6.45, 7) is 2.30. The molecule has 0 fully saturated rings. The summed E-state index contributed by atoms with van der Waals surface area (Å²) in [6, 6.07) is 7.48. The average Bonchev–Trinajstić information content (AvgIpc) is 2.29. The number of hydrogen-bond donors (Lipinski definition) is 0. The lowest BCUT2D eigenvalue weighted by Gasteiger charge is -2.16. The molecule has 1 aromatic rings. The normalized spacial score (nSPS) is 13.5. The van der Waals surface area contributed by atoms with Crippen LogP contribution in [0.2, 0.25) is 5.02 Å². The van der Waals surface area contributed by atoms with E-state index in [4.69, 9.17) is 15.8 Å². The van der Waals surface area contributed by atoms with Gasteiger partial charge >= 0.3 is 0 Å². The van der Waals surface area contributed by atoms with Crippen LogP contribution in [-0.2, 0) is 14.3 Å². The van der Waals surface area contributed by atoms with Crippen LogP contribution in [0.4, 0.5) is 0 Å². The van der Waals surface area contributed by atoms with Crippen molar-refractivity contribution in [2.24, 2.45) is 0 Å². The van der Waals surface area contributed by atoms with Gasteiger partial charge in [0, 0.05) is 10.9 Å².